The summed E-state index contributed by atoms with van der Waals surface area (Å²) in [4.78, 5) is 21.5. The molecule has 0 unspecified atom stereocenters. The van der Waals surface area contributed by atoms with Gasteiger partial charge in [-0.3, -0.25) is 9.47 Å². The van der Waals surface area contributed by atoms with Crippen LogP contribution in [0.15, 0.2) is 18.7 Å². The number of aromatic nitrogens is 5. The molecule has 3 heterocycles. The number of piperazine rings is 1. The molecule has 8 heteroatoms. The van der Waals surface area contributed by atoms with Gasteiger partial charge >= 0.3 is 0 Å². The summed E-state index contributed by atoms with van der Waals surface area (Å²) in [5.41, 5.74) is 5.81. The molecular formula is C13H20N8. The summed E-state index contributed by atoms with van der Waals surface area (Å²) in [7, 11) is 0. The summed E-state index contributed by atoms with van der Waals surface area (Å²) in [6.45, 7) is 8.23. The first-order chi connectivity index (χ1) is 10.1. The fourth-order valence-electron chi connectivity index (χ4n) is 2.44. The molecule has 0 bridgehead atoms. The monoisotopic (exact) mass is 288 g/mol. The number of hydrogen-bond donors (Lipinski definition) is 1. The Kier molecular flexibility index (Phi) is 3.70. The molecular weight excluding hydrogens is 268 g/mol. The van der Waals surface area contributed by atoms with Crippen molar-refractivity contribution in [2.24, 2.45) is 0 Å². The number of imidazole rings is 1. The van der Waals surface area contributed by atoms with Gasteiger partial charge in [-0.15, -0.1) is 0 Å². The van der Waals surface area contributed by atoms with Crippen molar-refractivity contribution in [2.45, 2.75) is 19.9 Å². The van der Waals surface area contributed by atoms with Gasteiger partial charge in [0.25, 0.3) is 0 Å². The van der Waals surface area contributed by atoms with Crippen molar-refractivity contribution in [3.05, 3.63) is 18.7 Å². The van der Waals surface area contributed by atoms with Crippen molar-refractivity contribution in [3.63, 3.8) is 0 Å². The van der Waals surface area contributed by atoms with Crippen LogP contribution < -0.4 is 10.6 Å². The van der Waals surface area contributed by atoms with Crippen LogP contribution in [0.1, 0.15) is 13.8 Å². The summed E-state index contributed by atoms with van der Waals surface area (Å²) < 4.78 is 1.73. The molecule has 2 aromatic heterocycles. The van der Waals surface area contributed by atoms with Crippen LogP contribution in [0.2, 0.25) is 0 Å². The van der Waals surface area contributed by atoms with E-state index in [2.05, 4.69) is 43.6 Å². The van der Waals surface area contributed by atoms with Crippen molar-refractivity contribution in [2.75, 3.05) is 36.8 Å². The Bertz CT molecular complexity index is 586. The average Bonchev–Trinajstić information content (AvgIpc) is 3.01. The van der Waals surface area contributed by atoms with Gasteiger partial charge in [0, 0.05) is 44.6 Å². The van der Waals surface area contributed by atoms with E-state index < -0.39 is 0 Å². The van der Waals surface area contributed by atoms with E-state index >= 15 is 0 Å². The summed E-state index contributed by atoms with van der Waals surface area (Å²) in [5.74, 6) is 1.37. The predicted octanol–water partition coefficient (Wildman–Crippen LogP) is 0.170. The normalized spacial score (nSPS) is 16.6. The zero-order chi connectivity index (χ0) is 14.8. The Morgan fingerprint density at radius 1 is 1.05 bits per heavy atom. The number of nitrogens with two attached hydrogens (primary N) is 1. The second kappa shape index (κ2) is 5.65. The van der Waals surface area contributed by atoms with Crippen LogP contribution >= 0.6 is 0 Å². The Balaban J connectivity index is 1.80. The molecule has 0 spiro atoms. The number of rotatable bonds is 3. The fraction of sp³-hybridized carbons (Fsp3) is 0.538. The molecule has 0 aromatic carbocycles. The first kappa shape index (κ1) is 13.7. The summed E-state index contributed by atoms with van der Waals surface area (Å²) in [6, 6.07) is 0.567. The Morgan fingerprint density at radius 3 is 2.38 bits per heavy atom. The van der Waals surface area contributed by atoms with Gasteiger partial charge in [0.15, 0.2) is 0 Å². The van der Waals surface area contributed by atoms with Crippen LogP contribution in [0, 0.1) is 0 Å². The molecule has 0 atom stereocenters. The van der Waals surface area contributed by atoms with Gasteiger partial charge in [-0.05, 0) is 13.8 Å². The van der Waals surface area contributed by atoms with Gasteiger partial charge in [0.1, 0.15) is 6.33 Å². The van der Waals surface area contributed by atoms with Crippen molar-refractivity contribution < 1.29 is 0 Å². The maximum atomic E-state index is 5.81. The lowest BCUT2D eigenvalue weighted by Gasteiger charge is -2.36. The van der Waals surface area contributed by atoms with Crippen LogP contribution in [0.5, 0.6) is 0 Å². The van der Waals surface area contributed by atoms with Gasteiger partial charge in [-0.2, -0.15) is 15.0 Å². The third-order valence-corrected chi connectivity index (χ3v) is 3.69. The smallest absolute Gasteiger partial charge is 0.241 e. The van der Waals surface area contributed by atoms with Crippen LogP contribution in [-0.2, 0) is 0 Å². The second-order valence-corrected chi connectivity index (χ2v) is 5.38. The number of nitrogen functional groups attached to an aromatic ring is 1. The standard InChI is InChI=1S/C13H20N8/c1-10(2)19-5-7-20(8-6-19)12-16-11(14)17-13(18-12)21-4-3-15-9-21/h3-4,9-10H,5-8H2,1-2H3,(H2,14,16,17,18). The van der Waals surface area contributed by atoms with E-state index in [9.17, 15) is 0 Å². The zero-order valence-electron chi connectivity index (χ0n) is 12.3. The highest BCUT2D eigenvalue weighted by atomic mass is 15.4. The summed E-state index contributed by atoms with van der Waals surface area (Å²) >= 11 is 0. The number of anilines is 2. The second-order valence-electron chi connectivity index (χ2n) is 5.38. The van der Waals surface area contributed by atoms with Crippen LogP contribution in [0.3, 0.4) is 0 Å². The highest BCUT2D eigenvalue weighted by molar-refractivity contribution is 5.38. The average molecular weight is 288 g/mol. The molecule has 0 amide bonds. The molecule has 1 fully saturated rings. The van der Waals surface area contributed by atoms with E-state index in [-0.39, 0.29) is 5.95 Å². The van der Waals surface area contributed by atoms with Crippen LogP contribution in [-0.4, -0.2) is 61.6 Å². The van der Waals surface area contributed by atoms with Gasteiger partial charge < -0.3 is 10.6 Å². The number of hydrogen-bond acceptors (Lipinski definition) is 7. The minimum atomic E-state index is 0.231. The predicted molar refractivity (Wildman–Crippen MR) is 80.3 cm³/mol. The molecule has 21 heavy (non-hydrogen) atoms. The van der Waals surface area contributed by atoms with Crippen LogP contribution in [0.25, 0.3) is 5.95 Å². The lowest BCUT2D eigenvalue weighted by atomic mass is 10.2. The van der Waals surface area contributed by atoms with Gasteiger partial charge in [0.05, 0.1) is 0 Å². The minimum absolute atomic E-state index is 0.231. The lowest BCUT2D eigenvalue weighted by Crippen LogP contribution is -2.49. The lowest BCUT2D eigenvalue weighted by molar-refractivity contribution is 0.208. The summed E-state index contributed by atoms with van der Waals surface area (Å²) in [5, 5.41) is 0. The number of nitrogens with zero attached hydrogens (tertiary/aromatic N) is 7. The Labute approximate surface area is 123 Å². The largest absolute Gasteiger partial charge is 0.368 e. The van der Waals surface area contributed by atoms with Crippen molar-refractivity contribution in [3.8, 4) is 5.95 Å². The molecule has 1 aliphatic rings. The SMILES string of the molecule is CC(C)N1CCN(c2nc(N)nc(-n3ccnc3)n2)CC1. The molecule has 2 N–H and O–H groups in total. The fourth-order valence-corrected chi connectivity index (χ4v) is 2.44. The quantitative estimate of drug-likeness (QED) is 0.861. The van der Waals surface area contributed by atoms with E-state index in [4.69, 9.17) is 5.73 Å². The molecule has 1 aliphatic heterocycles. The van der Waals surface area contributed by atoms with Crippen molar-refractivity contribution in [1.82, 2.24) is 29.4 Å². The van der Waals surface area contributed by atoms with Gasteiger partial charge in [0.2, 0.25) is 17.8 Å². The summed E-state index contributed by atoms with van der Waals surface area (Å²) in [6.07, 6.45) is 5.12. The van der Waals surface area contributed by atoms with Gasteiger partial charge in [-0.25, -0.2) is 4.98 Å². The first-order valence-electron chi connectivity index (χ1n) is 7.12. The van der Waals surface area contributed by atoms with E-state index in [0.29, 0.717) is 17.9 Å². The highest BCUT2D eigenvalue weighted by Gasteiger charge is 2.21. The molecule has 3 rings (SSSR count). The van der Waals surface area contributed by atoms with Crippen LogP contribution in [0.4, 0.5) is 11.9 Å². The molecule has 2 aromatic rings. The van der Waals surface area contributed by atoms with E-state index in [1.807, 2.05) is 0 Å². The van der Waals surface area contributed by atoms with Crippen molar-refractivity contribution >= 4 is 11.9 Å². The maximum Gasteiger partial charge on any atom is 0.241 e. The highest BCUT2D eigenvalue weighted by Crippen LogP contribution is 2.15. The Morgan fingerprint density at radius 2 is 1.76 bits per heavy atom. The minimum Gasteiger partial charge on any atom is -0.368 e. The molecule has 8 nitrogen and oxygen atoms in total. The first-order valence-corrected chi connectivity index (χ1v) is 7.12. The molecule has 112 valence electrons. The van der Waals surface area contributed by atoms with E-state index in [0.717, 1.165) is 26.2 Å². The molecule has 0 aliphatic carbocycles. The molecule has 1 saturated heterocycles. The third-order valence-electron chi connectivity index (χ3n) is 3.69. The van der Waals surface area contributed by atoms with E-state index in [1.54, 1.807) is 23.3 Å². The zero-order valence-corrected chi connectivity index (χ0v) is 12.3. The molecule has 0 saturated carbocycles. The van der Waals surface area contributed by atoms with E-state index in [1.165, 1.54) is 0 Å². The maximum absolute atomic E-state index is 5.81. The van der Waals surface area contributed by atoms with Gasteiger partial charge in [-0.1, -0.05) is 0 Å². The molecule has 0 radical (unpaired) electrons. The third kappa shape index (κ3) is 2.94. The topological polar surface area (TPSA) is 89.0 Å². The van der Waals surface area contributed by atoms with Crippen molar-refractivity contribution in [1.29, 1.82) is 0 Å². The Hall–Kier alpha value is -2.22.